The van der Waals surface area contributed by atoms with E-state index in [0.717, 1.165) is 31.6 Å². The van der Waals surface area contributed by atoms with Gasteiger partial charge >= 0.3 is 0 Å². The van der Waals surface area contributed by atoms with Crippen molar-refractivity contribution in [3.05, 3.63) is 58.3 Å². The highest BCUT2D eigenvalue weighted by atomic mass is 32.1. The number of thiophene rings is 1. The number of benzene rings is 1. The molecule has 0 spiro atoms. The summed E-state index contributed by atoms with van der Waals surface area (Å²) in [5.74, 6) is -0.146. The number of Topliss-reactive ketones (excluding diaryl/α,β-unsaturated/α-hetero) is 1. The SMILES string of the molecule is CC(=O)[C@H](Cc1ccccc1)NC(=O)CN(Cc1cccs1)C[C@@H]1CCCO1. The van der Waals surface area contributed by atoms with E-state index < -0.39 is 6.04 Å². The summed E-state index contributed by atoms with van der Waals surface area (Å²) in [6, 6.07) is 13.4. The second-order valence-corrected chi connectivity index (χ2v) is 8.34. The van der Waals surface area contributed by atoms with E-state index in [4.69, 9.17) is 4.74 Å². The molecule has 2 atom stereocenters. The summed E-state index contributed by atoms with van der Waals surface area (Å²) < 4.78 is 5.76. The Morgan fingerprint density at radius 3 is 2.71 bits per heavy atom. The molecule has 1 fully saturated rings. The quantitative estimate of drug-likeness (QED) is 0.666. The first kappa shape index (κ1) is 20.7. The van der Waals surface area contributed by atoms with Gasteiger partial charge < -0.3 is 10.1 Å². The van der Waals surface area contributed by atoms with Gasteiger partial charge in [-0.3, -0.25) is 14.5 Å². The van der Waals surface area contributed by atoms with Crippen molar-refractivity contribution in [2.24, 2.45) is 0 Å². The molecule has 0 unspecified atom stereocenters. The average molecular weight is 401 g/mol. The van der Waals surface area contributed by atoms with Gasteiger partial charge in [-0.2, -0.15) is 0 Å². The summed E-state index contributed by atoms with van der Waals surface area (Å²) in [4.78, 5) is 28.1. The highest BCUT2D eigenvalue weighted by molar-refractivity contribution is 7.09. The number of hydrogen-bond donors (Lipinski definition) is 1. The topological polar surface area (TPSA) is 58.6 Å². The molecule has 3 rings (SSSR count). The van der Waals surface area contributed by atoms with Crippen LogP contribution in [0, 0.1) is 0 Å². The molecular formula is C22H28N2O3S. The first-order chi connectivity index (χ1) is 13.6. The molecule has 0 saturated carbocycles. The molecule has 0 aliphatic carbocycles. The Hall–Kier alpha value is -2.02. The van der Waals surface area contributed by atoms with Crippen molar-refractivity contribution in [1.82, 2.24) is 10.2 Å². The second kappa shape index (κ2) is 10.5. The van der Waals surface area contributed by atoms with Crippen molar-refractivity contribution in [1.29, 1.82) is 0 Å². The number of ether oxygens (including phenoxy) is 1. The third kappa shape index (κ3) is 6.55. The van der Waals surface area contributed by atoms with Crippen molar-refractivity contribution in [3.8, 4) is 0 Å². The normalized spacial score (nSPS) is 17.6. The molecule has 5 nitrogen and oxygen atoms in total. The number of ketones is 1. The van der Waals surface area contributed by atoms with E-state index in [1.54, 1.807) is 11.3 Å². The molecule has 150 valence electrons. The van der Waals surface area contributed by atoms with Gasteiger partial charge in [0.15, 0.2) is 5.78 Å². The number of carbonyl (C=O) groups excluding carboxylic acids is 2. The van der Waals surface area contributed by atoms with Crippen LogP contribution in [0.15, 0.2) is 47.8 Å². The first-order valence-corrected chi connectivity index (χ1v) is 10.7. The van der Waals surface area contributed by atoms with Crippen LogP contribution in [0.25, 0.3) is 0 Å². The minimum Gasteiger partial charge on any atom is -0.377 e. The van der Waals surface area contributed by atoms with Crippen LogP contribution < -0.4 is 5.32 Å². The van der Waals surface area contributed by atoms with Gasteiger partial charge in [-0.1, -0.05) is 36.4 Å². The largest absolute Gasteiger partial charge is 0.377 e. The molecule has 1 amide bonds. The summed E-state index contributed by atoms with van der Waals surface area (Å²) in [5, 5.41) is 4.98. The third-order valence-corrected chi connectivity index (χ3v) is 5.78. The number of nitrogens with one attached hydrogen (secondary N) is 1. The van der Waals surface area contributed by atoms with Crippen molar-refractivity contribution >= 4 is 23.0 Å². The average Bonchev–Trinajstić information content (AvgIpc) is 3.36. The van der Waals surface area contributed by atoms with E-state index in [1.807, 2.05) is 41.8 Å². The maximum atomic E-state index is 12.7. The minimum atomic E-state index is -0.499. The molecule has 1 aliphatic heterocycles. The van der Waals surface area contributed by atoms with Crippen LogP contribution in [0.5, 0.6) is 0 Å². The maximum Gasteiger partial charge on any atom is 0.234 e. The van der Waals surface area contributed by atoms with Gasteiger partial charge in [-0.05, 0) is 43.2 Å². The number of carbonyl (C=O) groups is 2. The number of amides is 1. The second-order valence-electron chi connectivity index (χ2n) is 7.30. The minimum absolute atomic E-state index is 0.0267. The fraction of sp³-hybridized carbons (Fsp3) is 0.455. The number of rotatable bonds is 10. The van der Waals surface area contributed by atoms with Crippen LogP contribution >= 0.6 is 11.3 Å². The van der Waals surface area contributed by atoms with Gasteiger partial charge in [0, 0.05) is 24.6 Å². The predicted octanol–water partition coefficient (Wildman–Crippen LogP) is 3.05. The zero-order valence-corrected chi connectivity index (χ0v) is 17.1. The van der Waals surface area contributed by atoms with E-state index in [-0.39, 0.29) is 24.3 Å². The Balaban J connectivity index is 1.59. The Morgan fingerprint density at radius 2 is 2.07 bits per heavy atom. The summed E-state index contributed by atoms with van der Waals surface area (Å²) in [5.41, 5.74) is 1.04. The van der Waals surface area contributed by atoms with Crippen LogP contribution in [-0.2, 0) is 27.3 Å². The Labute approximate surface area is 170 Å². The van der Waals surface area contributed by atoms with Gasteiger partial charge in [0.1, 0.15) is 0 Å². The molecular weight excluding hydrogens is 372 g/mol. The highest BCUT2D eigenvalue weighted by Crippen LogP contribution is 2.17. The van der Waals surface area contributed by atoms with Crippen LogP contribution in [0.3, 0.4) is 0 Å². The predicted molar refractivity (Wildman–Crippen MR) is 111 cm³/mol. The fourth-order valence-corrected chi connectivity index (χ4v) is 4.22. The van der Waals surface area contributed by atoms with Crippen molar-refractivity contribution < 1.29 is 14.3 Å². The lowest BCUT2D eigenvalue weighted by Gasteiger charge is -2.25. The standard InChI is InChI=1S/C22H28N2O3S/c1-17(25)21(13-18-7-3-2-4-8-18)23-22(26)16-24(14-19-9-5-11-27-19)15-20-10-6-12-28-20/h2-4,6-8,10,12,19,21H,5,9,11,13-16H2,1H3,(H,23,26)/t19-,21-/m0/s1. The molecule has 6 heteroatoms. The summed E-state index contributed by atoms with van der Waals surface area (Å²) in [6.45, 7) is 4.04. The summed E-state index contributed by atoms with van der Waals surface area (Å²) in [6.07, 6.45) is 2.80. The van der Waals surface area contributed by atoms with E-state index in [0.29, 0.717) is 13.0 Å². The van der Waals surface area contributed by atoms with Crippen molar-refractivity contribution in [2.75, 3.05) is 19.7 Å². The molecule has 0 radical (unpaired) electrons. The van der Waals surface area contributed by atoms with Crippen molar-refractivity contribution in [3.63, 3.8) is 0 Å². The van der Waals surface area contributed by atoms with Crippen LogP contribution in [-0.4, -0.2) is 48.4 Å². The number of hydrogen-bond acceptors (Lipinski definition) is 5. The van der Waals surface area contributed by atoms with Crippen LogP contribution in [0.1, 0.15) is 30.2 Å². The van der Waals surface area contributed by atoms with Crippen LogP contribution in [0.2, 0.25) is 0 Å². The molecule has 1 aliphatic rings. The molecule has 1 saturated heterocycles. The van der Waals surface area contributed by atoms with Gasteiger partial charge in [0.05, 0.1) is 18.7 Å². The molecule has 2 heterocycles. The molecule has 28 heavy (non-hydrogen) atoms. The Morgan fingerprint density at radius 1 is 1.25 bits per heavy atom. The van der Waals surface area contributed by atoms with E-state index in [9.17, 15) is 9.59 Å². The lowest BCUT2D eigenvalue weighted by molar-refractivity contribution is -0.127. The maximum absolute atomic E-state index is 12.7. The van der Waals surface area contributed by atoms with Gasteiger partial charge in [0.25, 0.3) is 0 Å². The lowest BCUT2D eigenvalue weighted by atomic mass is 10.0. The molecule has 2 aromatic rings. The summed E-state index contributed by atoms with van der Waals surface area (Å²) >= 11 is 1.69. The highest BCUT2D eigenvalue weighted by Gasteiger charge is 2.23. The van der Waals surface area contributed by atoms with Crippen LogP contribution in [0.4, 0.5) is 0 Å². The van der Waals surface area contributed by atoms with Gasteiger partial charge in [-0.15, -0.1) is 11.3 Å². The third-order valence-electron chi connectivity index (χ3n) is 4.92. The zero-order valence-electron chi connectivity index (χ0n) is 16.3. The molecule has 1 aromatic carbocycles. The van der Waals surface area contributed by atoms with E-state index in [1.165, 1.54) is 11.8 Å². The van der Waals surface area contributed by atoms with E-state index >= 15 is 0 Å². The Kier molecular flexibility index (Phi) is 7.77. The van der Waals surface area contributed by atoms with E-state index in [2.05, 4.69) is 16.3 Å². The fourth-order valence-electron chi connectivity index (χ4n) is 3.47. The molecule has 1 N–H and O–H groups in total. The van der Waals surface area contributed by atoms with Gasteiger partial charge in [0.2, 0.25) is 5.91 Å². The lowest BCUT2D eigenvalue weighted by Crippen LogP contribution is -2.47. The monoisotopic (exact) mass is 400 g/mol. The smallest absolute Gasteiger partial charge is 0.234 e. The zero-order chi connectivity index (χ0) is 19.8. The van der Waals surface area contributed by atoms with Crippen molar-refractivity contribution in [2.45, 2.75) is 44.9 Å². The Bertz CT molecular complexity index is 742. The first-order valence-electron chi connectivity index (χ1n) is 9.80. The van der Waals surface area contributed by atoms with Gasteiger partial charge in [-0.25, -0.2) is 0 Å². The molecule has 1 aromatic heterocycles. The molecule has 0 bridgehead atoms. The summed E-state index contributed by atoms with van der Waals surface area (Å²) in [7, 11) is 0. The number of nitrogens with zero attached hydrogens (tertiary/aromatic N) is 1.